The lowest BCUT2D eigenvalue weighted by Gasteiger charge is -2.00. The van der Waals surface area contributed by atoms with Crippen LogP contribution >= 0.6 is 22.7 Å². The molecule has 1 aromatic carbocycles. The first-order valence-corrected chi connectivity index (χ1v) is 9.02. The first-order valence-electron chi connectivity index (χ1n) is 7.38. The van der Waals surface area contributed by atoms with Gasteiger partial charge in [-0.25, -0.2) is 4.39 Å². The van der Waals surface area contributed by atoms with E-state index in [0.717, 1.165) is 16.9 Å². The summed E-state index contributed by atoms with van der Waals surface area (Å²) >= 11 is 2.17. The molecule has 0 unspecified atom stereocenters. The van der Waals surface area contributed by atoms with Crippen LogP contribution in [0.25, 0.3) is 16.3 Å². The van der Waals surface area contributed by atoms with Crippen molar-refractivity contribution >= 4 is 49.9 Å². The quantitative estimate of drug-likeness (QED) is 0.285. The Morgan fingerprint density at radius 2 is 2.15 bits per heavy atom. The molecule has 3 rings (SSSR count). The Labute approximate surface area is 155 Å². The third kappa shape index (κ3) is 3.84. The van der Waals surface area contributed by atoms with Gasteiger partial charge in [0.1, 0.15) is 5.82 Å². The van der Waals surface area contributed by atoms with Crippen LogP contribution in [0.4, 0.5) is 9.39 Å². The van der Waals surface area contributed by atoms with E-state index in [1.165, 1.54) is 41.7 Å². The lowest BCUT2D eigenvalue weighted by Crippen LogP contribution is -2.15. The molecule has 26 heavy (non-hydrogen) atoms. The van der Waals surface area contributed by atoms with Crippen LogP contribution in [0.15, 0.2) is 54.1 Å². The van der Waals surface area contributed by atoms with Gasteiger partial charge < -0.3 is 4.57 Å². The second-order valence-corrected chi connectivity index (χ2v) is 7.22. The van der Waals surface area contributed by atoms with Gasteiger partial charge in [-0.05, 0) is 30.3 Å². The van der Waals surface area contributed by atoms with Crippen LogP contribution in [0, 0.1) is 15.9 Å². The van der Waals surface area contributed by atoms with Gasteiger partial charge in [-0.1, -0.05) is 28.7 Å². The predicted molar refractivity (Wildman–Crippen MR) is 101 cm³/mol. The van der Waals surface area contributed by atoms with Crippen molar-refractivity contribution in [1.82, 2.24) is 4.57 Å². The van der Waals surface area contributed by atoms with E-state index in [1.54, 1.807) is 22.8 Å². The Morgan fingerprint density at radius 1 is 1.35 bits per heavy atom. The third-order valence-corrected chi connectivity index (χ3v) is 5.39. The molecule has 0 aliphatic carbocycles. The maximum atomic E-state index is 13.4. The first kappa shape index (κ1) is 17.9. The van der Waals surface area contributed by atoms with Crippen molar-refractivity contribution in [2.45, 2.75) is 6.54 Å². The highest BCUT2D eigenvalue weighted by Gasteiger charge is 2.09. The van der Waals surface area contributed by atoms with Crippen LogP contribution in [-0.4, -0.2) is 15.4 Å². The SMILES string of the molecule is C=CCn1c(=NC(=O)C=Cc2ccc([N+](=O)[O-])s2)sc2cc(F)ccc21. The van der Waals surface area contributed by atoms with Crippen LogP contribution in [0.3, 0.4) is 0 Å². The summed E-state index contributed by atoms with van der Waals surface area (Å²) < 4.78 is 15.9. The molecule has 9 heteroatoms. The number of carbonyl (C=O) groups excluding carboxylic acids is 1. The number of hydrogen-bond donors (Lipinski definition) is 0. The Morgan fingerprint density at radius 3 is 2.85 bits per heavy atom. The number of fused-ring (bicyclic) bond motifs is 1. The van der Waals surface area contributed by atoms with E-state index in [9.17, 15) is 19.3 Å². The number of thiophene rings is 1. The van der Waals surface area contributed by atoms with E-state index in [-0.39, 0.29) is 10.8 Å². The maximum Gasteiger partial charge on any atom is 0.324 e. The average molecular weight is 389 g/mol. The highest BCUT2D eigenvalue weighted by atomic mass is 32.1. The van der Waals surface area contributed by atoms with E-state index in [2.05, 4.69) is 11.6 Å². The van der Waals surface area contributed by atoms with Gasteiger partial charge in [0.15, 0.2) is 4.80 Å². The third-order valence-electron chi connectivity index (χ3n) is 3.35. The van der Waals surface area contributed by atoms with Gasteiger partial charge in [0.05, 0.1) is 15.1 Å². The summed E-state index contributed by atoms with van der Waals surface area (Å²) in [7, 11) is 0. The van der Waals surface area contributed by atoms with Crippen LogP contribution in [0.1, 0.15) is 4.88 Å². The summed E-state index contributed by atoms with van der Waals surface area (Å²) in [6.45, 7) is 4.12. The minimum Gasteiger partial charge on any atom is -0.312 e. The molecule has 0 saturated carbocycles. The van der Waals surface area contributed by atoms with Gasteiger partial charge in [0.2, 0.25) is 0 Å². The van der Waals surface area contributed by atoms with Crippen molar-refractivity contribution in [1.29, 1.82) is 0 Å². The van der Waals surface area contributed by atoms with E-state index >= 15 is 0 Å². The molecule has 2 heterocycles. The van der Waals surface area contributed by atoms with Crippen molar-refractivity contribution < 1.29 is 14.1 Å². The zero-order valence-electron chi connectivity index (χ0n) is 13.3. The Balaban J connectivity index is 1.93. The largest absolute Gasteiger partial charge is 0.324 e. The van der Waals surface area contributed by atoms with E-state index in [0.29, 0.717) is 20.9 Å². The molecule has 0 aliphatic rings. The molecule has 1 amide bonds. The molecule has 3 aromatic rings. The smallest absolute Gasteiger partial charge is 0.312 e. The number of hydrogen-bond acceptors (Lipinski definition) is 5. The normalized spacial score (nSPS) is 12.1. The zero-order valence-corrected chi connectivity index (χ0v) is 14.9. The van der Waals surface area contributed by atoms with Crippen molar-refractivity contribution in [2.24, 2.45) is 4.99 Å². The van der Waals surface area contributed by atoms with Gasteiger partial charge in [-0.15, -0.1) is 6.58 Å². The molecular weight excluding hydrogens is 377 g/mol. The van der Waals surface area contributed by atoms with E-state index < -0.39 is 10.8 Å². The molecule has 0 spiro atoms. The molecule has 0 fully saturated rings. The topological polar surface area (TPSA) is 77.5 Å². The molecule has 0 bridgehead atoms. The number of allylic oxidation sites excluding steroid dienone is 1. The number of rotatable bonds is 5. The number of benzene rings is 1. The molecule has 0 aliphatic heterocycles. The molecule has 0 atom stereocenters. The standard InChI is InChI=1S/C17H12FN3O3S2/c1-2-9-20-13-6-3-11(18)10-14(13)26-17(20)19-15(22)7-4-12-5-8-16(25-12)21(23)24/h2-8,10H,1,9H2. The number of nitrogens with zero attached hydrogens (tertiary/aromatic N) is 3. The second-order valence-electron chi connectivity index (χ2n) is 5.11. The molecule has 2 aromatic heterocycles. The first-order chi connectivity index (χ1) is 12.5. The molecule has 132 valence electrons. The fourth-order valence-corrected chi connectivity index (χ4v) is 4.05. The minimum absolute atomic E-state index is 0.00407. The number of nitro groups is 1. The number of thiazole rings is 1. The molecular formula is C17H12FN3O3S2. The highest BCUT2D eigenvalue weighted by molar-refractivity contribution is 7.16. The van der Waals surface area contributed by atoms with E-state index in [1.807, 2.05) is 0 Å². The average Bonchev–Trinajstić information content (AvgIpc) is 3.19. The summed E-state index contributed by atoms with van der Waals surface area (Å²) in [5.74, 6) is -0.868. The summed E-state index contributed by atoms with van der Waals surface area (Å²) in [5.41, 5.74) is 0.765. The molecule has 0 radical (unpaired) electrons. The van der Waals surface area contributed by atoms with Gasteiger partial charge in [-0.3, -0.25) is 14.9 Å². The summed E-state index contributed by atoms with van der Waals surface area (Å²) in [4.78, 5) is 27.4. The number of amides is 1. The molecule has 0 N–H and O–H groups in total. The Bertz CT molecular complexity index is 1110. The number of carbonyl (C=O) groups is 1. The number of aromatic nitrogens is 1. The van der Waals surface area contributed by atoms with E-state index in [4.69, 9.17) is 0 Å². The summed E-state index contributed by atoms with van der Waals surface area (Å²) in [6.07, 6.45) is 4.40. The van der Waals surface area contributed by atoms with Gasteiger partial charge in [-0.2, -0.15) is 4.99 Å². The van der Waals surface area contributed by atoms with Crippen molar-refractivity contribution in [3.8, 4) is 0 Å². The monoisotopic (exact) mass is 389 g/mol. The van der Waals surface area contributed by atoms with Crippen molar-refractivity contribution in [3.63, 3.8) is 0 Å². The van der Waals surface area contributed by atoms with Crippen LogP contribution in [-0.2, 0) is 11.3 Å². The fraction of sp³-hybridized carbons (Fsp3) is 0.0588. The van der Waals surface area contributed by atoms with Gasteiger partial charge in [0.25, 0.3) is 5.91 Å². The highest BCUT2D eigenvalue weighted by Crippen LogP contribution is 2.24. The maximum absolute atomic E-state index is 13.4. The van der Waals surface area contributed by atoms with Gasteiger partial charge in [0, 0.05) is 23.6 Å². The number of halogens is 1. The summed E-state index contributed by atoms with van der Waals surface area (Å²) in [5, 5.41) is 10.7. The zero-order chi connectivity index (χ0) is 18.7. The molecule has 0 saturated heterocycles. The van der Waals surface area contributed by atoms with Gasteiger partial charge >= 0.3 is 5.00 Å². The minimum atomic E-state index is -0.508. The van der Waals surface area contributed by atoms with Crippen LogP contribution < -0.4 is 4.80 Å². The Kier molecular flexibility index (Phi) is 5.19. The lowest BCUT2D eigenvalue weighted by atomic mass is 10.3. The fourth-order valence-electron chi connectivity index (χ4n) is 2.25. The Hall–Kier alpha value is -2.91. The molecule has 6 nitrogen and oxygen atoms in total. The van der Waals surface area contributed by atoms with Crippen molar-refractivity contribution in [3.05, 3.63) is 74.7 Å². The summed E-state index contributed by atoms with van der Waals surface area (Å²) in [6, 6.07) is 7.32. The second kappa shape index (κ2) is 7.54. The van der Waals surface area contributed by atoms with Crippen LogP contribution in [0.5, 0.6) is 0 Å². The lowest BCUT2D eigenvalue weighted by molar-refractivity contribution is -0.380. The van der Waals surface area contributed by atoms with Crippen LogP contribution in [0.2, 0.25) is 0 Å². The van der Waals surface area contributed by atoms with Crippen molar-refractivity contribution in [2.75, 3.05) is 0 Å². The predicted octanol–water partition coefficient (Wildman–Crippen LogP) is 4.14.